The largest absolute Gasteiger partial charge is 0.497 e. The molecule has 1 atom stereocenters. The molecule has 3 rings (SSSR count). The number of rotatable bonds is 5. The minimum absolute atomic E-state index is 0.289. The zero-order chi connectivity index (χ0) is 18.7. The number of thioether (sulfide) groups is 1. The number of alkyl halides is 3. The molecule has 0 unspecified atom stereocenters. The molecule has 0 aliphatic heterocycles. The number of aromatic nitrogens is 1. The maximum Gasteiger partial charge on any atom is 0.258 e. The van der Waals surface area contributed by atoms with E-state index in [0.717, 1.165) is 11.8 Å². The number of amides is 1. The normalized spacial score (nSPS) is 12.8. The Bertz CT molecular complexity index is 877. The number of nitrogens with zero attached hydrogens (tertiary/aromatic N) is 1. The number of oxazole rings is 1. The average Bonchev–Trinajstić information content (AvgIpc) is 3.03. The molecule has 0 saturated carbocycles. The summed E-state index contributed by atoms with van der Waals surface area (Å²) in [7, 11) is 1.55. The molecule has 0 fully saturated rings. The van der Waals surface area contributed by atoms with Crippen LogP contribution in [-0.2, 0) is 0 Å². The van der Waals surface area contributed by atoms with Crippen LogP contribution in [0.15, 0.2) is 58.2 Å². The summed E-state index contributed by atoms with van der Waals surface area (Å²) in [6.45, 7) is 0. The van der Waals surface area contributed by atoms with Gasteiger partial charge in [-0.15, -0.1) is 0 Å². The minimum Gasteiger partial charge on any atom is -0.497 e. The molecule has 3 aromatic rings. The molecule has 1 aromatic heterocycles. The van der Waals surface area contributed by atoms with Gasteiger partial charge in [-0.2, -0.15) is 0 Å². The third-order valence-corrected chi connectivity index (χ3v) is 5.53. The summed E-state index contributed by atoms with van der Waals surface area (Å²) in [5, 5.41) is 2.07. The number of halogens is 3. The number of carbonyl (C=O) groups excluding carboxylic acids is 1. The van der Waals surface area contributed by atoms with Gasteiger partial charge in [0.25, 0.3) is 11.1 Å². The van der Waals surface area contributed by atoms with Crippen molar-refractivity contribution >= 4 is 63.6 Å². The van der Waals surface area contributed by atoms with Gasteiger partial charge in [-0.1, -0.05) is 46.9 Å². The fraction of sp³-hybridized carbons (Fsp3) is 0.176. The number of carbonyl (C=O) groups is 1. The highest BCUT2D eigenvalue weighted by Gasteiger charge is 2.36. The Balaban J connectivity index is 1.78. The van der Waals surface area contributed by atoms with Gasteiger partial charge in [0.1, 0.15) is 16.6 Å². The first-order valence-corrected chi connectivity index (χ1v) is 9.42. The van der Waals surface area contributed by atoms with Crippen molar-refractivity contribution in [2.75, 3.05) is 7.11 Å². The molecule has 2 aromatic carbocycles. The molecule has 0 aliphatic rings. The predicted octanol–water partition coefficient (Wildman–Crippen LogP) is 5.05. The first-order valence-electron chi connectivity index (χ1n) is 7.40. The van der Waals surface area contributed by atoms with Crippen LogP contribution in [0.4, 0.5) is 0 Å². The number of fused-ring (bicyclic) bond motifs is 1. The smallest absolute Gasteiger partial charge is 0.258 e. The van der Waals surface area contributed by atoms with E-state index in [-0.39, 0.29) is 5.22 Å². The molecule has 0 radical (unpaired) electrons. The maximum absolute atomic E-state index is 12.5. The van der Waals surface area contributed by atoms with Gasteiger partial charge in [0, 0.05) is 5.56 Å². The zero-order valence-corrected chi connectivity index (χ0v) is 16.5. The van der Waals surface area contributed by atoms with E-state index in [9.17, 15) is 4.79 Å². The van der Waals surface area contributed by atoms with E-state index in [4.69, 9.17) is 44.0 Å². The van der Waals surface area contributed by atoms with Crippen molar-refractivity contribution in [3.05, 3.63) is 54.1 Å². The maximum atomic E-state index is 12.5. The van der Waals surface area contributed by atoms with Crippen LogP contribution in [0.2, 0.25) is 0 Å². The molecule has 1 heterocycles. The Morgan fingerprint density at radius 1 is 1.19 bits per heavy atom. The number of benzene rings is 2. The fourth-order valence-electron chi connectivity index (χ4n) is 2.13. The highest BCUT2D eigenvalue weighted by Crippen LogP contribution is 2.39. The van der Waals surface area contributed by atoms with Gasteiger partial charge in [-0.05, 0) is 48.2 Å². The standard InChI is InChI=1S/C17H13Cl3N2O3S/c1-24-11-8-6-10(7-9-11)14(23)22-15(17(18,19)20)26-16-21-12-4-2-3-5-13(12)25-16/h2-9,15H,1H3,(H,22,23)/t15-/m1/s1. The van der Waals surface area contributed by atoms with Crippen LogP contribution in [0.25, 0.3) is 11.1 Å². The summed E-state index contributed by atoms with van der Waals surface area (Å²) in [5.74, 6) is 0.243. The molecule has 136 valence electrons. The SMILES string of the molecule is COc1ccc(C(=O)N[C@H](Sc2nc3ccccc3o2)C(Cl)(Cl)Cl)cc1. The molecule has 9 heteroatoms. The third-order valence-electron chi connectivity index (χ3n) is 3.40. The molecule has 0 bridgehead atoms. The number of ether oxygens (including phenoxy) is 1. The van der Waals surface area contributed by atoms with Crippen molar-refractivity contribution in [1.29, 1.82) is 0 Å². The van der Waals surface area contributed by atoms with Crippen LogP contribution < -0.4 is 10.1 Å². The molecule has 1 amide bonds. The van der Waals surface area contributed by atoms with Gasteiger partial charge in [0.05, 0.1) is 7.11 Å². The number of hydrogen-bond acceptors (Lipinski definition) is 5. The summed E-state index contributed by atoms with van der Waals surface area (Å²) in [6, 6.07) is 13.9. The van der Waals surface area contributed by atoms with Crippen molar-refractivity contribution in [1.82, 2.24) is 10.3 Å². The highest BCUT2D eigenvalue weighted by atomic mass is 35.6. The van der Waals surface area contributed by atoms with E-state index >= 15 is 0 Å². The van der Waals surface area contributed by atoms with E-state index in [1.165, 1.54) is 0 Å². The Morgan fingerprint density at radius 3 is 2.50 bits per heavy atom. The van der Waals surface area contributed by atoms with E-state index < -0.39 is 15.1 Å². The van der Waals surface area contributed by atoms with Gasteiger partial charge >= 0.3 is 0 Å². The second-order valence-electron chi connectivity index (χ2n) is 5.19. The van der Waals surface area contributed by atoms with E-state index in [1.807, 2.05) is 18.2 Å². The number of hydrogen-bond donors (Lipinski definition) is 1. The summed E-state index contributed by atoms with van der Waals surface area (Å²) in [6.07, 6.45) is 0. The second-order valence-corrected chi connectivity index (χ2v) is 8.61. The number of para-hydroxylation sites is 2. The van der Waals surface area contributed by atoms with Crippen LogP contribution in [-0.4, -0.2) is 27.2 Å². The average molecular weight is 432 g/mol. The van der Waals surface area contributed by atoms with Gasteiger partial charge in [-0.3, -0.25) is 4.79 Å². The Hall–Kier alpha value is -1.60. The van der Waals surface area contributed by atoms with E-state index in [0.29, 0.717) is 22.4 Å². The van der Waals surface area contributed by atoms with E-state index in [1.54, 1.807) is 37.4 Å². The van der Waals surface area contributed by atoms with Crippen molar-refractivity contribution < 1.29 is 13.9 Å². The zero-order valence-electron chi connectivity index (χ0n) is 13.4. The van der Waals surface area contributed by atoms with Gasteiger partial charge < -0.3 is 14.5 Å². The molecule has 0 saturated heterocycles. The van der Waals surface area contributed by atoms with Crippen LogP contribution >= 0.6 is 46.6 Å². The lowest BCUT2D eigenvalue weighted by Crippen LogP contribution is -2.41. The first-order chi connectivity index (χ1) is 12.4. The van der Waals surface area contributed by atoms with Crippen LogP contribution in [0.3, 0.4) is 0 Å². The lowest BCUT2D eigenvalue weighted by molar-refractivity contribution is 0.0950. The van der Waals surface area contributed by atoms with Crippen LogP contribution in [0.5, 0.6) is 5.75 Å². The van der Waals surface area contributed by atoms with Crippen molar-refractivity contribution in [2.24, 2.45) is 0 Å². The Kier molecular flexibility index (Phi) is 5.87. The second kappa shape index (κ2) is 7.96. The Labute approximate surface area is 169 Å². The third kappa shape index (κ3) is 4.57. The number of methoxy groups -OCH3 is 1. The molecule has 0 spiro atoms. The summed E-state index contributed by atoms with van der Waals surface area (Å²) in [5.41, 5.74) is 1.70. The Morgan fingerprint density at radius 2 is 1.88 bits per heavy atom. The number of nitrogens with one attached hydrogen (secondary N) is 1. The summed E-state index contributed by atoms with van der Waals surface area (Å²) in [4.78, 5) is 16.8. The highest BCUT2D eigenvalue weighted by molar-refractivity contribution is 8.00. The summed E-state index contributed by atoms with van der Waals surface area (Å²) >= 11 is 19.1. The van der Waals surface area contributed by atoms with Crippen molar-refractivity contribution in [2.45, 2.75) is 14.4 Å². The van der Waals surface area contributed by atoms with Gasteiger partial charge in [0.15, 0.2) is 5.58 Å². The fourth-order valence-corrected chi connectivity index (χ4v) is 3.48. The molecular weight excluding hydrogens is 419 g/mol. The summed E-state index contributed by atoms with van der Waals surface area (Å²) < 4.78 is 8.92. The van der Waals surface area contributed by atoms with Crippen LogP contribution in [0, 0.1) is 0 Å². The van der Waals surface area contributed by atoms with Crippen LogP contribution in [0.1, 0.15) is 10.4 Å². The quantitative estimate of drug-likeness (QED) is 0.348. The lowest BCUT2D eigenvalue weighted by Gasteiger charge is -2.23. The van der Waals surface area contributed by atoms with E-state index in [2.05, 4.69) is 10.3 Å². The van der Waals surface area contributed by atoms with Crippen molar-refractivity contribution in [3.63, 3.8) is 0 Å². The van der Waals surface area contributed by atoms with Crippen molar-refractivity contribution in [3.8, 4) is 5.75 Å². The van der Waals surface area contributed by atoms with Gasteiger partial charge in [0.2, 0.25) is 3.79 Å². The van der Waals surface area contributed by atoms with Gasteiger partial charge in [-0.25, -0.2) is 4.98 Å². The minimum atomic E-state index is -1.77. The first kappa shape index (κ1) is 19.2. The predicted molar refractivity (Wildman–Crippen MR) is 104 cm³/mol. The molecular formula is C17H13Cl3N2O3S. The monoisotopic (exact) mass is 430 g/mol. The molecule has 5 nitrogen and oxygen atoms in total. The topological polar surface area (TPSA) is 64.4 Å². The molecule has 0 aliphatic carbocycles. The molecule has 26 heavy (non-hydrogen) atoms. The lowest BCUT2D eigenvalue weighted by atomic mass is 10.2. The molecule has 1 N–H and O–H groups in total.